The number of nitrogens with zero attached hydrogens (tertiary/aromatic N) is 1. The van der Waals surface area contributed by atoms with Crippen molar-refractivity contribution < 1.29 is 23.0 Å². The molecule has 0 amide bonds. The molecular formula is C10H12F2N2O3. The summed E-state index contributed by atoms with van der Waals surface area (Å²) < 4.78 is 34.5. The summed E-state index contributed by atoms with van der Waals surface area (Å²) in [5.41, 5.74) is 5.13. The second-order valence-corrected chi connectivity index (χ2v) is 3.18. The van der Waals surface area contributed by atoms with Crippen LogP contribution in [0.5, 0.6) is 5.88 Å². The quantitative estimate of drug-likeness (QED) is 0.811. The van der Waals surface area contributed by atoms with Crippen LogP contribution in [0.1, 0.15) is 17.6 Å². The maximum Gasteiger partial charge on any atom is 0.310 e. The van der Waals surface area contributed by atoms with Crippen LogP contribution < -0.4 is 10.5 Å². The Kier molecular flexibility index (Phi) is 4.19. The number of hydrogen-bond acceptors (Lipinski definition) is 5. The number of anilines is 1. The molecule has 5 nitrogen and oxygen atoms in total. The number of ether oxygens (including phenoxy) is 2. The highest BCUT2D eigenvalue weighted by molar-refractivity contribution is 5.73. The minimum atomic E-state index is -2.76. The van der Waals surface area contributed by atoms with E-state index in [9.17, 15) is 13.6 Å². The summed E-state index contributed by atoms with van der Waals surface area (Å²) in [6.45, 7) is 0. The number of hydrogen-bond donors (Lipinski definition) is 1. The molecule has 0 fully saturated rings. The molecule has 1 heterocycles. The summed E-state index contributed by atoms with van der Waals surface area (Å²) in [7, 11) is 2.51. The standard InChI is InChI=1S/C10H12F2N2O3/c1-16-7(15)4-5-3-6(8(11)12)9(13)14-10(5)17-2/h3,8H,4H2,1-2H3,(H2,13,14). The predicted molar refractivity (Wildman–Crippen MR) is 55.9 cm³/mol. The number of esters is 1. The highest BCUT2D eigenvalue weighted by Gasteiger charge is 2.19. The van der Waals surface area contributed by atoms with Gasteiger partial charge in [0.15, 0.2) is 0 Å². The van der Waals surface area contributed by atoms with E-state index in [4.69, 9.17) is 10.5 Å². The van der Waals surface area contributed by atoms with Gasteiger partial charge in [-0.15, -0.1) is 0 Å². The van der Waals surface area contributed by atoms with E-state index in [1.807, 2.05) is 0 Å². The Balaban J connectivity index is 3.16. The first-order valence-corrected chi connectivity index (χ1v) is 4.67. The molecule has 0 atom stereocenters. The van der Waals surface area contributed by atoms with Gasteiger partial charge in [-0.25, -0.2) is 8.78 Å². The van der Waals surface area contributed by atoms with Crippen molar-refractivity contribution in [2.75, 3.05) is 20.0 Å². The van der Waals surface area contributed by atoms with Gasteiger partial charge in [0, 0.05) is 5.56 Å². The smallest absolute Gasteiger partial charge is 0.310 e. The molecule has 17 heavy (non-hydrogen) atoms. The number of halogens is 2. The molecule has 0 radical (unpaired) electrons. The average molecular weight is 246 g/mol. The molecule has 1 aromatic rings. The Morgan fingerprint density at radius 1 is 1.53 bits per heavy atom. The number of aromatic nitrogens is 1. The van der Waals surface area contributed by atoms with Crippen LogP contribution in [0.15, 0.2) is 6.07 Å². The Hall–Kier alpha value is -1.92. The molecule has 0 aliphatic rings. The van der Waals surface area contributed by atoms with Crippen molar-refractivity contribution in [2.24, 2.45) is 0 Å². The molecule has 0 aliphatic carbocycles. The second kappa shape index (κ2) is 5.42. The van der Waals surface area contributed by atoms with E-state index in [0.29, 0.717) is 0 Å². The zero-order valence-corrected chi connectivity index (χ0v) is 9.37. The number of nitrogen functional groups attached to an aromatic ring is 1. The van der Waals surface area contributed by atoms with Gasteiger partial charge < -0.3 is 15.2 Å². The van der Waals surface area contributed by atoms with Crippen molar-refractivity contribution in [3.05, 3.63) is 17.2 Å². The first-order valence-electron chi connectivity index (χ1n) is 4.67. The van der Waals surface area contributed by atoms with E-state index in [1.54, 1.807) is 0 Å². The maximum atomic E-state index is 12.6. The average Bonchev–Trinajstić information content (AvgIpc) is 2.30. The first-order chi connectivity index (χ1) is 7.99. The van der Waals surface area contributed by atoms with E-state index in [1.165, 1.54) is 14.2 Å². The lowest BCUT2D eigenvalue weighted by atomic mass is 10.1. The third kappa shape index (κ3) is 3.02. The topological polar surface area (TPSA) is 74.4 Å². The number of nitrogens with two attached hydrogens (primary N) is 1. The molecule has 1 aromatic heterocycles. The summed E-state index contributed by atoms with van der Waals surface area (Å²) in [5.74, 6) is -0.849. The fourth-order valence-electron chi connectivity index (χ4n) is 1.27. The molecule has 2 N–H and O–H groups in total. The van der Waals surface area contributed by atoms with Crippen LogP contribution in [0, 0.1) is 0 Å². The zero-order chi connectivity index (χ0) is 13.0. The molecule has 0 bridgehead atoms. The Bertz CT molecular complexity index is 424. The van der Waals surface area contributed by atoms with Crippen molar-refractivity contribution in [3.63, 3.8) is 0 Å². The largest absolute Gasteiger partial charge is 0.481 e. The fourth-order valence-corrected chi connectivity index (χ4v) is 1.27. The van der Waals surface area contributed by atoms with Crippen LogP contribution in [0.2, 0.25) is 0 Å². The molecule has 0 saturated heterocycles. The summed E-state index contributed by atoms with van der Waals surface area (Å²) in [6, 6.07) is 1.10. The van der Waals surface area contributed by atoms with Crippen molar-refractivity contribution in [1.29, 1.82) is 0 Å². The first kappa shape index (κ1) is 13.1. The van der Waals surface area contributed by atoms with Crippen molar-refractivity contribution in [2.45, 2.75) is 12.8 Å². The number of carbonyl (C=O) groups excluding carboxylic acids is 1. The number of methoxy groups -OCH3 is 2. The normalized spacial score (nSPS) is 10.4. The summed E-state index contributed by atoms with van der Waals surface area (Å²) in [4.78, 5) is 14.8. The number of carbonyl (C=O) groups is 1. The number of alkyl halides is 2. The third-order valence-electron chi connectivity index (χ3n) is 2.11. The number of rotatable bonds is 4. The van der Waals surface area contributed by atoms with Crippen molar-refractivity contribution in [1.82, 2.24) is 4.98 Å². The molecule has 1 rings (SSSR count). The van der Waals surface area contributed by atoms with Crippen LogP contribution in [-0.2, 0) is 16.0 Å². The van der Waals surface area contributed by atoms with Crippen molar-refractivity contribution in [3.8, 4) is 5.88 Å². The Morgan fingerprint density at radius 2 is 2.18 bits per heavy atom. The van der Waals surface area contributed by atoms with Gasteiger partial charge in [0.1, 0.15) is 5.82 Å². The van der Waals surface area contributed by atoms with Crippen molar-refractivity contribution >= 4 is 11.8 Å². The predicted octanol–water partition coefficient (Wildman–Crippen LogP) is 1.33. The van der Waals surface area contributed by atoms with Gasteiger partial charge >= 0.3 is 5.97 Å². The van der Waals surface area contributed by atoms with Crippen LogP contribution in [0.4, 0.5) is 14.6 Å². The molecule has 94 valence electrons. The number of pyridine rings is 1. The van der Waals surface area contributed by atoms with Gasteiger partial charge in [-0.1, -0.05) is 0 Å². The van der Waals surface area contributed by atoms with Gasteiger partial charge in [-0.3, -0.25) is 4.79 Å². The lowest BCUT2D eigenvalue weighted by Crippen LogP contribution is -2.09. The molecular weight excluding hydrogens is 234 g/mol. The van der Waals surface area contributed by atoms with Gasteiger partial charge in [-0.05, 0) is 6.07 Å². The minimum Gasteiger partial charge on any atom is -0.481 e. The van der Waals surface area contributed by atoms with Crippen LogP contribution in [0.3, 0.4) is 0 Å². The maximum absolute atomic E-state index is 12.6. The van der Waals surface area contributed by atoms with Crippen LogP contribution in [0.25, 0.3) is 0 Å². The fraction of sp³-hybridized carbons (Fsp3) is 0.400. The molecule has 0 aliphatic heterocycles. The van der Waals surface area contributed by atoms with E-state index in [-0.39, 0.29) is 23.7 Å². The monoisotopic (exact) mass is 246 g/mol. The second-order valence-electron chi connectivity index (χ2n) is 3.18. The molecule has 7 heteroatoms. The van der Waals surface area contributed by atoms with Crippen LogP contribution in [-0.4, -0.2) is 25.2 Å². The van der Waals surface area contributed by atoms with E-state index < -0.39 is 18.0 Å². The zero-order valence-electron chi connectivity index (χ0n) is 9.37. The molecule has 0 unspecified atom stereocenters. The van der Waals surface area contributed by atoms with E-state index in [0.717, 1.165) is 6.07 Å². The highest BCUT2D eigenvalue weighted by atomic mass is 19.3. The van der Waals surface area contributed by atoms with Crippen LogP contribution >= 0.6 is 0 Å². The minimum absolute atomic E-state index is 0.0392. The SMILES string of the molecule is COC(=O)Cc1cc(C(F)F)c(N)nc1OC. The molecule has 0 spiro atoms. The molecule has 0 aromatic carbocycles. The van der Waals surface area contributed by atoms with Gasteiger partial charge in [-0.2, -0.15) is 4.98 Å². The third-order valence-corrected chi connectivity index (χ3v) is 2.11. The lowest BCUT2D eigenvalue weighted by Gasteiger charge is -2.11. The summed E-state index contributed by atoms with van der Waals surface area (Å²) in [5, 5.41) is 0. The van der Waals surface area contributed by atoms with Gasteiger partial charge in [0.05, 0.1) is 26.2 Å². The van der Waals surface area contributed by atoms with Gasteiger partial charge in [0.25, 0.3) is 6.43 Å². The molecule has 0 saturated carbocycles. The Labute approximate surface area is 96.5 Å². The van der Waals surface area contributed by atoms with Gasteiger partial charge in [0.2, 0.25) is 5.88 Å². The van der Waals surface area contributed by atoms with E-state index in [2.05, 4.69) is 9.72 Å². The lowest BCUT2D eigenvalue weighted by molar-refractivity contribution is -0.139. The summed E-state index contributed by atoms with van der Waals surface area (Å²) >= 11 is 0. The Morgan fingerprint density at radius 3 is 2.65 bits per heavy atom. The highest BCUT2D eigenvalue weighted by Crippen LogP contribution is 2.29. The summed E-state index contributed by atoms with van der Waals surface area (Å²) in [6.07, 6.45) is -2.96. The van der Waals surface area contributed by atoms with E-state index >= 15 is 0 Å².